The van der Waals surface area contributed by atoms with Crippen LogP contribution in [0.25, 0.3) is 0 Å². The summed E-state index contributed by atoms with van der Waals surface area (Å²) in [5, 5.41) is 2.15. The lowest BCUT2D eigenvalue weighted by Crippen LogP contribution is -2.55. The van der Waals surface area contributed by atoms with E-state index in [1.807, 2.05) is 20.8 Å². The van der Waals surface area contributed by atoms with Gasteiger partial charge in [0, 0.05) is 10.6 Å². The molecule has 2 aromatic carbocycles. The monoisotopic (exact) mass is 472 g/mol. The van der Waals surface area contributed by atoms with Crippen LogP contribution in [0.4, 0.5) is 0 Å². The molecule has 0 heterocycles. The maximum absolute atomic E-state index is 12.8. The summed E-state index contributed by atoms with van der Waals surface area (Å²) in [7, 11) is 0. The summed E-state index contributed by atoms with van der Waals surface area (Å²) in [5.74, 6) is -0.780. The fraction of sp³-hybridized carbons (Fsp3) is 0.222. The van der Waals surface area contributed by atoms with E-state index in [0.717, 1.165) is 0 Å². The smallest absolute Gasteiger partial charge is 0.267 e. The van der Waals surface area contributed by atoms with Gasteiger partial charge in [-0.05, 0) is 57.2 Å². The lowest BCUT2D eigenvalue weighted by Gasteiger charge is -2.35. The summed E-state index contributed by atoms with van der Waals surface area (Å²) in [6, 6.07) is 13.2. The highest BCUT2D eigenvalue weighted by Gasteiger charge is 2.30. The van der Waals surface area contributed by atoms with E-state index < -0.39 is 11.4 Å². The Balaban J connectivity index is 0. The molecule has 0 aliphatic rings. The van der Waals surface area contributed by atoms with Crippen molar-refractivity contribution in [2.45, 2.75) is 26.3 Å². The normalized spacial score (nSPS) is 9.81. The van der Waals surface area contributed by atoms with E-state index in [9.17, 15) is 9.59 Å². The third-order valence-corrected chi connectivity index (χ3v) is 3.88. The molecule has 4 nitrogen and oxygen atoms in total. The SMILES string of the molecule is CC(C)(C)N(NC(=O)c1ccc(Cl)cc1)C(=O)c1ccccc1Cl.Cl.Cl.Cl. The van der Waals surface area contributed by atoms with Crippen LogP contribution < -0.4 is 5.43 Å². The first-order chi connectivity index (χ1) is 11.2. The molecule has 0 spiro atoms. The molecule has 2 rings (SSSR count). The van der Waals surface area contributed by atoms with Crippen molar-refractivity contribution in [2.75, 3.05) is 0 Å². The number of rotatable bonds is 2. The van der Waals surface area contributed by atoms with Crippen LogP contribution in [-0.4, -0.2) is 22.4 Å². The average molecular weight is 475 g/mol. The van der Waals surface area contributed by atoms with Crippen LogP contribution in [-0.2, 0) is 0 Å². The molecule has 9 heteroatoms. The van der Waals surface area contributed by atoms with Crippen molar-refractivity contribution in [1.82, 2.24) is 10.4 Å². The molecule has 0 aromatic heterocycles. The topological polar surface area (TPSA) is 49.4 Å². The third kappa shape index (κ3) is 7.40. The van der Waals surface area contributed by atoms with E-state index in [0.29, 0.717) is 21.2 Å². The van der Waals surface area contributed by atoms with Gasteiger partial charge in [0.2, 0.25) is 0 Å². The van der Waals surface area contributed by atoms with Gasteiger partial charge in [-0.25, -0.2) is 5.01 Å². The van der Waals surface area contributed by atoms with E-state index in [1.54, 1.807) is 48.5 Å². The molecule has 0 unspecified atom stereocenters. The molecule has 1 N–H and O–H groups in total. The van der Waals surface area contributed by atoms with Crippen LogP contribution in [0.5, 0.6) is 0 Å². The molecule has 0 bridgehead atoms. The average Bonchev–Trinajstić information content (AvgIpc) is 2.52. The highest BCUT2D eigenvalue weighted by atomic mass is 35.5. The van der Waals surface area contributed by atoms with E-state index in [1.165, 1.54) is 5.01 Å². The van der Waals surface area contributed by atoms with Gasteiger partial charge in [-0.15, -0.1) is 37.2 Å². The van der Waals surface area contributed by atoms with Crippen LogP contribution in [0.1, 0.15) is 41.5 Å². The highest BCUT2D eigenvalue weighted by Crippen LogP contribution is 2.21. The minimum atomic E-state index is -0.641. The van der Waals surface area contributed by atoms with Crippen LogP contribution in [0.3, 0.4) is 0 Å². The van der Waals surface area contributed by atoms with Crippen molar-refractivity contribution in [3.05, 3.63) is 69.7 Å². The van der Waals surface area contributed by atoms with Crippen molar-refractivity contribution in [2.24, 2.45) is 0 Å². The van der Waals surface area contributed by atoms with E-state index in [-0.39, 0.29) is 43.1 Å². The Bertz CT molecular complexity index is 761. The third-order valence-electron chi connectivity index (χ3n) is 3.30. The maximum Gasteiger partial charge on any atom is 0.274 e. The fourth-order valence-electron chi connectivity index (χ4n) is 2.05. The summed E-state index contributed by atoms with van der Waals surface area (Å²) in [5.41, 5.74) is 2.75. The molecule has 0 saturated heterocycles. The molecule has 0 radical (unpaired) electrons. The number of carbonyl (C=O) groups excluding carboxylic acids is 2. The quantitative estimate of drug-likeness (QED) is 0.556. The number of hydrogen-bond donors (Lipinski definition) is 1. The van der Waals surface area contributed by atoms with Crippen molar-refractivity contribution >= 4 is 72.2 Å². The fourth-order valence-corrected chi connectivity index (χ4v) is 2.39. The predicted octanol–water partition coefficient (Wildman–Crippen LogP) is 5.84. The lowest BCUT2D eigenvalue weighted by molar-refractivity contribution is 0.0359. The second-order valence-corrected chi connectivity index (χ2v) is 7.08. The first kappa shape index (κ1) is 28.0. The number of nitrogens with zero attached hydrogens (tertiary/aromatic N) is 1. The largest absolute Gasteiger partial charge is 0.274 e. The van der Waals surface area contributed by atoms with Crippen LogP contribution in [0.15, 0.2) is 48.5 Å². The molecule has 2 aromatic rings. The molecule has 0 atom stereocenters. The second kappa shape index (κ2) is 11.6. The Kier molecular flexibility index (Phi) is 12.1. The van der Waals surface area contributed by atoms with Crippen molar-refractivity contribution in [1.29, 1.82) is 0 Å². The molecule has 0 aliphatic heterocycles. The van der Waals surface area contributed by atoms with Crippen LogP contribution in [0, 0.1) is 0 Å². The molecule has 2 amide bonds. The molecule has 150 valence electrons. The summed E-state index contributed by atoms with van der Waals surface area (Å²) in [6.07, 6.45) is 0. The Morgan fingerprint density at radius 1 is 0.889 bits per heavy atom. The van der Waals surface area contributed by atoms with Gasteiger partial charge in [0.15, 0.2) is 0 Å². The lowest BCUT2D eigenvalue weighted by atomic mass is 10.1. The Morgan fingerprint density at radius 2 is 1.41 bits per heavy atom. The second-order valence-electron chi connectivity index (χ2n) is 6.24. The van der Waals surface area contributed by atoms with Crippen molar-refractivity contribution < 1.29 is 9.59 Å². The number of nitrogens with one attached hydrogen (secondary N) is 1. The summed E-state index contributed by atoms with van der Waals surface area (Å²) >= 11 is 11.9. The van der Waals surface area contributed by atoms with E-state index in [2.05, 4.69) is 5.43 Å². The summed E-state index contributed by atoms with van der Waals surface area (Å²) < 4.78 is 0. The van der Waals surface area contributed by atoms with Gasteiger partial charge in [-0.2, -0.15) is 0 Å². The number of benzene rings is 2. The first-order valence-corrected chi connectivity index (χ1v) is 8.11. The molecule has 0 fully saturated rings. The van der Waals surface area contributed by atoms with Crippen molar-refractivity contribution in [3.8, 4) is 0 Å². The van der Waals surface area contributed by atoms with Gasteiger partial charge >= 0.3 is 0 Å². The Morgan fingerprint density at radius 3 is 1.89 bits per heavy atom. The van der Waals surface area contributed by atoms with Crippen molar-refractivity contribution in [3.63, 3.8) is 0 Å². The number of hydrogen-bond acceptors (Lipinski definition) is 2. The zero-order chi connectivity index (χ0) is 17.9. The zero-order valence-electron chi connectivity index (χ0n) is 14.9. The number of carbonyl (C=O) groups is 2. The van der Waals surface area contributed by atoms with E-state index in [4.69, 9.17) is 23.2 Å². The van der Waals surface area contributed by atoms with Gasteiger partial charge in [0.1, 0.15) is 0 Å². The minimum absolute atomic E-state index is 0. The molecule has 27 heavy (non-hydrogen) atoms. The highest BCUT2D eigenvalue weighted by molar-refractivity contribution is 6.33. The van der Waals surface area contributed by atoms with Gasteiger partial charge < -0.3 is 0 Å². The van der Waals surface area contributed by atoms with Gasteiger partial charge in [-0.3, -0.25) is 15.0 Å². The standard InChI is InChI=1S/C18H18Cl2N2O2.3ClH/c1-18(2,3)22(17(24)14-6-4-5-7-15(14)20)21-16(23)12-8-10-13(19)11-9-12;;;/h4-11H,1-3H3,(H,21,23);3*1H. The Hall–Kier alpha value is -1.17. The zero-order valence-corrected chi connectivity index (χ0v) is 18.8. The maximum atomic E-state index is 12.8. The van der Waals surface area contributed by atoms with Gasteiger partial charge in [0.25, 0.3) is 11.8 Å². The number of hydrazine groups is 1. The van der Waals surface area contributed by atoms with E-state index >= 15 is 0 Å². The van der Waals surface area contributed by atoms with Gasteiger partial charge in [0.05, 0.1) is 16.1 Å². The number of amides is 2. The predicted molar refractivity (Wildman–Crippen MR) is 118 cm³/mol. The van der Waals surface area contributed by atoms with Crippen LogP contribution in [0.2, 0.25) is 10.0 Å². The first-order valence-electron chi connectivity index (χ1n) is 7.36. The number of halogens is 5. The molecule has 0 aliphatic carbocycles. The van der Waals surface area contributed by atoms with Gasteiger partial charge in [-0.1, -0.05) is 35.3 Å². The molecular formula is C18H21Cl5N2O2. The Labute approximate surface area is 187 Å². The molecular weight excluding hydrogens is 453 g/mol. The molecule has 0 saturated carbocycles. The van der Waals surface area contributed by atoms with Crippen LogP contribution >= 0.6 is 60.4 Å². The summed E-state index contributed by atoms with van der Waals surface area (Å²) in [4.78, 5) is 25.3. The minimum Gasteiger partial charge on any atom is -0.267 e. The summed E-state index contributed by atoms with van der Waals surface area (Å²) in [6.45, 7) is 5.47.